The van der Waals surface area contributed by atoms with E-state index in [9.17, 15) is 4.79 Å². The highest BCUT2D eigenvalue weighted by molar-refractivity contribution is 5.29. The van der Waals surface area contributed by atoms with Gasteiger partial charge in [0.1, 0.15) is 0 Å². The van der Waals surface area contributed by atoms with Crippen LogP contribution in [0.25, 0.3) is 0 Å². The summed E-state index contributed by atoms with van der Waals surface area (Å²) in [4.78, 5) is 12.1. The predicted octanol–water partition coefficient (Wildman–Crippen LogP) is 1.47. The van der Waals surface area contributed by atoms with Crippen molar-refractivity contribution in [3.05, 3.63) is 58.4 Å². The van der Waals surface area contributed by atoms with Gasteiger partial charge in [-0.15, -0.1) is 0 Å². The van der Waals surface area contributed by atoms with Crippen molar-refractivity contribution in [2.45, 2.75) is 24.3 Å². The number of nitrogens with zero attached hydrogens (tertiary/aromatic N) is 1. The van der Waals surface area contributed by atoms with Gasteiger partial charge in [-0.25, -0.2) is 0 Å². The fraction of sp³-hybridized carbons (Fsp3) is 0.400. The molecule has 2 aromatic rings. The number of furan rings is 1. The maximum absolute atomic E-state index is 12.1. The number of rotatable bonds is 1. The Hall–Kier alpha value is -1.81. The molecule has 2 bridgehead atoms. The van der Waals surface area contributed by atoms with E-state index in [1.165, 1.54) is 11.3 Å². The minimum atomic E-state index is -0.00586. The average molecular weight is 256 g/mol. The van der Waals surface area contributed by atoms with Crippen molar-refractivity contribution < 1.29 is 4.42 Å². The molecular formula is C15H16N2O2. The van der Waals surface area contributed by atoms with Crippen molar-refractivity contribution >= 4 is 0 Å². The van der Waals surface area contributed by atoms with Crippen molar-refractivity contribution in [3.8, 4) is 0 Å². The molecule has 2 aromatic heterocycles. The maximum atomic E-state index is 12.1. The quantitative estimate of drug-likeness (QED) is 0.840. The van der Waals surface area contributed by atoms with Crippen molar-refractivity contribution in [1.29, 1.82) is 0 Å². The van der Waals surface area contributed by atoms with Crippen molar-refractivity contribution in [2.24, 2.45) is 0 Å². The molecule has 1 saturated heterocycles. The van der Waals surface area contributed by atoms with E-state index < -0.39 is 0 Å². The number of piperidine rings is 1. The number of hydrogen-bond donors (Lipinski definition) is 1. The Morgan fingerprint density at radius 2 is 2.32 bits per heavy atom. The van der Waals surface area contributed by atoms with Gasteiger partial charge in [0.2, 0.25) is 0 Å². The lowest BCUT2D eigenvalue weighted by atomic mass is 9.69. The van der Waals surface area contributed by atoms with Gasteiger partial charge >= 0.3 is 0 Å². The van der Waals surface area contributed by atoms with Gasteiger partial charge in [0, 0.05) is 42.7 Å². The summed E-state index contributed by atoms with van der Waals surface area (Å²) in [7, 11) is 0. The second kappa shape index (κ2) is 3.84. The first-order chi connectivity index (χ1) is 9.28. The van der Waals surface area contributed by atoms with Crippen LogP contribution in [0, 0.1) is 0 Å². The third-order valence-electron chi connectivity index (χ3n) is 4.59. The summed E-state index contributed by atoms with van der Waals surface area (Å²) in [5.74, 6) is 0.409. The fourth-order valence-electron chi connectivity index (χ4n) is 3.67. The highest BCUT2D eigenvalue weighted by Gasteiger charge is 2.44. The molecule has 0 radical (unpaired) electrons. The summed E-state index contributed by atoms with van der Waals surface area (Å²) >= 11 is 0. The van der Waals surface area contributed by atoms with Crippen LogP contribution in [0.4, 0.5) is 0 Å². The lowest BCUT2D eigenvalue weighted by Gasteiger charge is -2.46. The molecule has 0 amide bonds. The SMILES string of the molecule is O=c1cccc2n1C[C@]1(c3ccoc3)CNC[C@H]2C1. The second-order valence-electron chi connectivity index (χ2n) is 5.70. The van der Waals surface area contributed by atoms with Gasteiger partial charge in [-0.3, -0.25) is 4.79 Å². The lowest BCUT2D eigenvalue weighted by Crippen LogP contribution is -2.54. The monoisotopic (exact) mass is 256 g/mol. The van der Waals surface area contributed by atoms with E-state index in [4.69, 9.17) is 4.42 Å². The van der Waals surface area contributed by atoms with Crippen LogP contribution in [-0.2, 0) is 12.0 Å². The third kappa shape index (κ3) is 1.53. The maximum Gasteiger partial charge on any atom is 0.250 e. The summed E-state index contributed by atoms with van der Waals surface area (Å²) in [6, 6.07) is 7.63. The topological polar surface area (TPSA) is 47.2 Å². The molecular weight excluding hydrogens is 240 g/mol. The Bertz CT molecular complexity index is 659. The molecule has 0 aromatic carbocycles. The zero-order valence-corrected chi connectivity index (χ0v) is 10.6. The summed E-state index contributed by atoms with van der Waals surface area (Å²) in [5, 5.41) is 3.52. The summed E-state index contributed by atoms with van der Waals surface area (Å²) in [5.41, 5.74) is 2.47. The van der Waals surface area contributed by atoms with Crippen LogP contribution in [0.3, 0.4) is 0 Å². The number of hydrogen-bond acceptors (Lipinski definition) is 3. The second-order valence-corrected chi connectivity index (χ2v) is 5.70. The molecule has 1 N–H and O–H groups in total. The van der Waals surface area contributed by atoms with Crippen LogP contribution in [-0.4, -0.2) is 17.7 Å². The van der Waals surface area contributed by atoms with Gasteiger partial charge < -0.3 is 14.3 Å². The van der Waals surface area contributed by atoms with Gasteiger partial charge in [0.15, 0.2) is 0 Å². The Balaban J connectivity index is 1.89. The van der Waals surface area contributed by atoms with E-state index in [0.29, 0.717) is 5.92 Å². The lowest BCUT2D eigenvalue weighted by molar-refractivity contribution is 0.206. The van der Waals surface area contributed by atoms with Crippen molar-refractivity contribution in [1.82, 2.24) is 9.88 Å². The zero-order chi connectivity index (χ0) is 12.9. The molecule has 0 saturated carbocycles. The molecule has 19 heavy (non-hydrogen) atoms. The minimum Gasteiger partial charge on any atom is -0.472 e. The number of nitrogens with one attached hydrogen (secondary N) is 1. The van der Waals surface area contributed by atoms with E-state index >= 15 is 0 Å². The minimum absolute atomic E-state index is 0.00586. The Morgan fingerprint density at radius 3 is 3.16 bits per heavy atom. The molecule has 4 heterocycles. The summed E-state index contributed by atoms with van der Waals surface area (Å²) < 4.78 is 7.20. The molecule has 2 aliphatic heterocycles. The molecule has 0 aliphatic carbocycles. The first kappa shape index (κ1) is 11.1. The molecule has 98 valence electrons. The third-order valence-corrected chi connectivity index (χ3v) is 4.59. The Kier molecular flexibility index (Phi) is 2.23. The van der Waals surface area contributed by atoms with Crippen LogP contribution >= 0.6 is 0 Å². The van der Waals surface area contributed by atoms with Crippen molar-refractivity contribution in [2.75, 3.05) is 13.1 Å². The van der Waals surface area contributed by atoms with Gasteiger partial charge in [0.05, 0.1) is 12.5 Å². The van der Waals surface area contributed by atoms with Gasteiger partial charge in [0.25, 0.3) is 5.56 Å². The van der Waals surface area contributed by atoms with Gasteiger partial charge in [-0.05, 0) is 24.1 Å². The normalized spacial score (nSPS) is 28.9. The molecule has 4 nitrogen and oxygen atoms in total. The molecule has 4 heteroatoms. The van der Waals surface area contributed by atoms with E-state index in [-0.39, 0.29) is 11.0 Å². The molecule has 4 rings (SSSR count). The highest BCUT2D eigenvalue weighted by atomic mass is 16.3. The average Bonchev–Trinajstić information content (AvgIpc) is 2.95. The first-order valence-electron chi connectivity index (χ1n) is 6.72. The Labute approximate surface area is 111 Å². The van der Waals surface area contributed by atoms with E-state index in [0.717, 1.165) is 26.1 Å². The molecule has 0 spiro atoms. The van der Waals surface area contributed by atoms with Crippen LogP contribution < -0.4 is 10.9 Å². The molecule has 1 fully saturated rings. The van der Waals surface area contributed by atoms with Crippen molar-refractivity contribution in [3.63, 3.8) is 0 Å². The van der Waals surface area contributed by atoms with Gasteiger partial charge in [-0.2, -0.15) is 0 Å². The smallest absolute Gasteiger partial charge is 0.250 e. The van der Waals surface area contributed by atoms with Crippen LogP contribution in [0.15, 0.2) is 46.0 Å². The summed E-state index contributed by atoms with van der Waals surface area (Å²) in [6.45, 7) is 2.60. The van der Waals surface area contributed by atoms with E-state index in [2.05, 4.69) is 11.4 Å². The zero-order valence-electron chi connectivity index (χ0n) is 10.6. The molecule has 2 aliphatic rings. The van der Waals surface area contributed by atoms with E-state index in [1.807, 2.05) is 23.0 Å². The highest BCUT2D eigenvalue weighted by Crippen LogP contribution is 2.42. The number of pyridine rings is 1. The number of aromatic nitrogens is 1. The number of fused-ring (bicyclic) bond motifs is 4. The largest absolute Gasteiger partial charge is 0.472 e. The first-order valence-corrected chi connectivity index (χ1v) is 6.72. The standard InChI is InChI=1S/C15H16N2O2/c18-14-3-1-2-13-11-6-15(9-16-7-11,10-17(13)14)12-4-5-19-8-12/h1-5,8,11,16H,6-7,9-10H2/t11-,15-/m1/s1. The van der Waals surface area contributed by atoms with Gasteiger partial charge in [-0.1, -0.05) is 6.07 Å². The molecule has 2 atom stereocenters. The predicted molar refractivity (Wildman–Crippen MR) is 71.3 cm³/mol. The van der Waals surface area contributed by atoms with E-state index in [1.54, 1.807) is 12.3 Å². The molecule has 0 unspecified atom stereocenters. The van der Waals surface area contributed by atoms with Crippen LogP contribution in [0.1, 0.15) is 23.6 Å². The fourth-order valence-corrected chi connectivity index (χ4v) is 3.67. The summed E-state index contributed by atoms with van der Waals surface area (Å²) in [6.07, 6.45) is 4.63. The Morgan fingerprint density at radius 1 is 1.37 bits per heavy atom. The van der Waals surface area contributed by atoms with Crippen LogP contribution in [0.5, 0.6) is 0 Å². The van der Waals surface area contributed by atoms with Crippen LogP contribution in [0.2, 0.25) is 0 Å².